The largest absolute Gasteiger partial charge is 0.354 e. The van der Waals surface area contributed by atoms with Gasteiger partial charge in [0.05, 0.1) is 0 Å². The third-order valence-corrected chi connectivity index (χ3v) is 3.80. The number of rotatable bonds is 5. The zero-order chi connectivity index (χ0) is 14.5. The standard InChI is InChI=1S/C16H22N2O2/c1-12-5-3-8-15(11-12)18(13(2)19)10-9-17-16(20)14-6-4-7-14/h3,5,8,11,14H,4,6-7,9-10H2,1-2H3,(H,17,20). The van der Waals surface area contributed by atoms with Crippen LogP contribution in [0.3, 0.4) is 0 Å². The SMILES string of the molecule is CC(=O)N(CCNC(=O)C1CCC1)c1cccc(C)c1. The molecule has 2 rings (SSSR count). The Hall–Kier alpha value is -1.84. The Labute approximate surface area is 120 Å². The van der Waals surface area contributed by atoms with Crippen molar-refractivity contribution in [2.75, 3.05) is 18.0 Å². The van der Waals surface area contributed by atoms with Gasteiger partial charge in [-0.15, -0.1) is 0 Å². The number of hydrogen-bond donors (Lipinski definition) is 1. The Kier molecular flexibility index (Phi) is 4.77. The van der Waals surface area contributed by atoms with Crippen LogP contribution in [0.4, 0.5) is 5.69 Å². The second-order valence-electron chi connectivity index (χ2n) is 5.43. The number of carbonyl (C=O) groups excluding carboxylic acids is 2. The summed E-state index contributed by atoms with van der Waals surface area (Å²) in [7, 11) is 0. The summed E-state index contributed by atoms with van der Waals surface area (Å²) < 4.78 is 0. The van der Waals surface area contributed by atoms with Gasteiger partial charge >= 0.3 is 0 Å². The Bertz CT molecular complexity index is 495. The Morgan fingerprint density at radius 2 is 2.10 bits per heavy atom. The van der Waals surface area contributed by atoms with Gasteiger partial charge in [-0.3, -0.25) is 9.59 Å². The Morgan fingerprint density at radius 1 is 1.35 bits per heavy atom. The molecule has 2 amide bonds. The van der Waals surface area contributed by atoms with Gasteiger partial charge in [0.25, 0.3) is 0 Å². The van der Waals surface area contributed by atoms with E-state index in [2.05, 4.69) is 5.32 Å². The molecule has 1 saturated carbocycles. The summed E-state index contributed by atoms with van der Waals surface area (Å²) in [5, 5.41) is 2.92. The van der Waals surface area contributed by atoms with Crippen molar-refractivity contribution < 1.29 is 9.59 Å². The van der Waals surface area contributed by atoms with Gasteiger partial charge < -0.3 is 10.2 Å². The topological polar surface area (TPSA) is 49.4 Å². The van der Waals surface area contributed by atoms with Crippen LogP contribution in [0.25, 0.3) is 0 Å². The first kappa shape index (κ1) is 14.6. The van der Waals surface area contributed by atoms with Crippen LogP contribution in [0.1, 0.15) is 31.7 Å². The van der Waals surface area contributed by atoms with Crippen molar-refractivity contribution in [3.63, 3.8) is 0 Å². The normalized spacial score (nSPS) is 14.5. The molecule has 1 aliphatic rings. The monoisotopic (exact) mass is 274 g/mol. The molecule has 1 aliphatic carbocycles. The molecule has 0 atom stereocenters. The minimum Gasteiger partial charge on any atom is -0.354 e. The fraction of sp³-hybridized carbons (Fsp3) is 0.500. The van der Waals surface area contributed by atoms with E-state index in [-0.39, 0.29) is 17.7 Å². The van der Waals surface area contributed by atoms with Crippen molar-refractivity contribution in [1.82, 2.24) is 5.32 Å². The lowest BCUT2D eigenvalue weighted by Gasteiger charge is -2.26. The third-order valence-electron chi connectivity index (χ3n) is 3.80. The lowest BCUT2D eigenvalue weighted by atomic mass is 9.85. The van der Waals surface area contributed by atoms with Crippen molar-refractivity contribution in [3.05, 3.63) is 29.8 Å². The van der Waals surface area contributed by atoms with E-state index in [1.165, 1.54) is 0 Å². The van der Waals surface area contributed by atoms with E-state index in [0.717, 1.165) is 30.5 Å². The maximum absolute atomic E-state index is 11.8. The summed E-state index contributed by atoms with van der Waals surface area (Å²) in [6.45, 7) is 4.57. The molecule has 0 bridgehead atoms. The quantitative estimate of drug-likeness (QED) is 0.895. The van der Waals surface area contributed by atoms with Crippen molar-refractivity contribution in [3.8, 4) is 0 Å². The highest BCUT2D eigenvalue weighted by Crippen LogP contribution is 2.26. The van der Waals surface area contributed by atoms with Gasteiger partial charge in [-0.25, -0.2) is 0 Å². The van der Waals surface area contributed by atoms with E-state index < -0.39 is 0 Å². The molecule has 0 aromatic heterocycles. The highest BCUT2D eigenvalue weighted by atomic mass is 16.2. The molecule has 0 radical (unpaired) electrons. The van der Waals surface area contributed by atoms with Gasteiger partial charge in [-0.1, -0.05) is 18.6 Å². The number of carbonyl (C=O) groups is 2. The zero-order valence-electron chi connectivity index (χ0n) is 12.2. The van der Waals surface area contributed by atoms with Crippen molar-refractivity contribution >= 4 is 17.5 Å². The number of aryl methyl sites for hydroxylation is 1. The van der Waals surface area contributed by atoms with E-state index in [1.807, 2.05) is 31.2 Å². The fourth-order valence-corrected chi connectivity index (χ4v) is 2.37. The smallest absolute Gasteiger partial charge is 0.223 e. The first-order valence-corrected chi connectivity index (χ1v) is 7.20. The molecule has 20 heavy (non-hydrogen) atoms. The van der Waals surface area contributed by atoms with Gasteiger partial charge in [-0.2, -0.15) is 0 Å². The molecule has 1 N–H and O–H groups in total. The molecule has 108 valence electrons. The highest BCUT2D eigenvalue weighted by molar-refractivity contribution is 5.91. The number of anilines is 1. The lowest BCUT2D eigenvalue weighted by Crippen LogP contribution is -2.41. The molecular weight excluding hydrogens is 252 g/mol. The average molecular weight is 274 g/mol. The van der Waals surface area contributed by atoms with Gasteiger partial charge in [-0.05, 0) is 37.5 Å². The van der Waals surface area contributed by atoms with Crippen LogP contribution in [0.15, 0.2) is 24.3 Å². The number of amides is 2. The van der Waals surface area contributed by atoms with Gasteiger partial charge in [0, 0.05) is 31.6 Å². The molecule has 0 saturated heterocycles. The third kappa shape index (κ3) is 3.59. The molecule has 0 aliphatic heterocycles. The van der Waals surface area contributed by atoms with Crippen molar-refractivity contribution in [2.24, 2.45) is 5.92 Å². The number of benzene rings is 1. The molecule has 0 heterocycles. The van der Waals surface area contributed by atoms with Crippen LogP contribution < -0.4 is 10.2 Å². The van der Waals surface area contributed by atoms with Gasteiger partial charge in [0.15, 0.2) is 0 Å². The summed E-state index contributed by atoms with van der Waals surface area (Å²) in [5.74, 6) is 0.317. The first-order chi connectivity index (χ1) is 9.58. The number of nitrogens with zero attached hydrogens (tertiary/aromatic N) is 1. The number of nitrogens with one attached hydrogen (secondary N) is 1. The van der Waals surface area contributed by atoms with Crippen LogP contribution >= 0.6 is 0 Å². The van der Waals surface area contributed by atoms with Crippen LogP contribution in [0.2, 0.25) is 0 Å². The van der Waals surface area contributed by atoms with Crippen molar-refractivity contribution in [1.29, 1.82) is 0 Å². The van der Waals surface area contributed by atoms with E-state index >= 15 is 0 Å². The number of hydrogen-bond acceptors (Lipinski definition) is 2. The van der Waals surface area contributed by atoms with Crippen molar-refractivity contribution in [2.45, 2.75) is 33.1 Å². The Balaban J connectivity index is 1.89. The van der Waals surface area contributed by atoms with Gasteiger partial charge in [0.1, 0.15) is 0 Å². The second kappa shape index (κ2) is 6.55. The summed E-state index contributed by atoms with van der Waals surface area (Å²) >= 11 is 0. The lowest BCUT2D eigenvalue weighted by molar-refractivity contribution is -0.127. The van der Waals surface area contributed by atoms with E-state index in [9.17, 15) is 9.59 Å². The highest BCUT2D eigenvalue weighted by Gasteiger charge is 2.24. The summed E-state index contributed by atoms with van der Waals surface area (Å²) in [4.78, 5) is 25.2. The molecule has 1 aromatic rings. The molecule has 1 aromatic carbocycles. The fourth-order valence-electron chi connectivity index (χ4n) is 2.37. The van der Waals surface area contributed by atoms with Crippen LogP contribution in [0.5, 0.6) is 0 Å². The first-order valence-electron chi connectivity index (χ1n) is 7.20. The average Bonchev–Trinajstić information content (AvgIpc) is 2.32. The summed E-state index contributed by atoms with van der Waals surface area (Å²) in [6, 6.07) is 7.84. The molecule has 4 nitrogen and oxygen atoms in total. The molecule has 4 heteroatoms. The van der Waals surface area contributed by atoms with E-state index in [1.54, 1.807) is 11.8 Å². The summed E-state index contributed by atoms with van der Waals surface area (Å²) in [6.07, 6.45) is 3.15. The molecular formula is C16H22N2O2. The van der Waals surface area contributed by atoms with E-state index in [0.29, 0.717) is 13.1 Å². The Morgan fingerprint density at radius 3 is 2.65 bits per heavy atom. The molecule has 0 spiro atoms. The predicted molar refractivity (Wildman–Crippen MR) is 79.6 cm³/mol. The summed E-state index contributed by atoms with van der Waals surface area (Å²) in [5.41, 5.74) is 2.00. The predicted octanol–water partition coefficient (Wildman–Crippen LogP) is 2.26. The minimum atomic E-state index is -0.00602. The van der Waals surface area contributed by atoms with Crippen LogP contribution in [0, 0.1) is 12.8 Å². The molecule has 0 unspecified atom stereocenters. The minimum absolute atomic E-state index is 0.00602. The van der Waals surface area contributed by atoms with Crippen LogP contribution in [-0.4, -0.2) is 24.9 Å². The van der Waals surface area contributed by atoms with E-state index in [4.69, 9.17) is 0 Å². The van der Waals surface area contributed by atoms with Crippen LogP contribution in [-0.2, 0) is 9.59 Å². The zero-order valence-corrected chi connectivity index (χ0v) is 12.2. The second-order valence-corrected chi connectivity index (χ2v) is 5.43. The maximum atomic E-state index is 11.8. The van der Waals surface area contributed by atoms with Gasteiger partial charge in [0.2, 0.25) is 11.8 Å². The maximum Gasteiger partial charge on any atom is 0.223 e. The molecule has 1 fully saturated rings.